The first kappa shape index (κ1) is 23.8. The Bertz CT molecular complexity index is 1890. The summed E-state index contributed by atoms with van der Waals surface area (Å²) in [6, 6.07) is 19.2. The van der Waals surface area contributed by atoms with Crippen molar-refractivity contribution in [2.75, 3.05) is 5.32 Å². The first-order valence-corrected chi connectivity index (χ1v) is 12.6. The Hall–Kier alpha value is -4.56. The molecule has 0 saturated carbocycles. The van der Waals surface area contributed by atoms with Crippen LogP contribution < -0.4 is 10.9 Å². The van der Waals surface area contributed by atoms with E-state index in [4.69, 9.17) is 11.6 Å². The lowest BCUT2D eigenvalue weighted by Gasteiger charge is -2.22. The van der Waals surface area contributed by atoms with Crippen LogP contribution in [0.4, 0.5) is 5.82 Å². The molecule has 0 radical (unpaired) electrons. The van der Waals surface area contributed by atoms with E-state index in [-0.39, 0.29) is 16.9 Å². The molecule has 1 atom stereocenters. The van der Waals surface area contributed by atoms with Gasteiger partial charge in [0.05, 0.1) is 23.1 Å². The van der Waals surface area contributed by atoms with Crippen molar-refractivity contribution in [2.45, 2.75) is 19.9 Å². The second kappa shape index (κ2) is 9.39. The van der Waals surface area contributed by atoms with Crippen molar-refractivity contribution in [3.63, 3.8) is 0 Å². The maximum atomic E-state index is 14.3. The normalized spacial score (nSPS) is 12.2. The first-order chi connectivity index (χ1) is 18.4. The summed E-state index contributed by atoms with van der Waals surface area (Å²) in [4.78, 5) is 27.5. The van der Waals surface area contributed by atoms with E-state index >= 15 is 0 Å². The van der Waals surface area contributed by atoms with Gasteiger partial charge in [-0.1, -0.05) is 30.3 Å². The summed E-state index contributed by atoms with van der Waals surface area (Å²) < 4.78 is 3.50. The van der Waals surface area contributed by atoms with Gasteiger partial charge in [0, 0.05) is 36.4 Å². The van der Waals surface area contributed by atoms with E-state index in [0.29, 0.717) is 22.2 Å². The van der Waals surface area contributed by atoms with Gasteiger partial charge < -0.3 is 5.32 Å². The summed E-state index contributed by atoms with van der Waals surface area (Å²) in [5.41, 5.74) is 5.47. The summed E-state index contributed by atoms with van der Waals surface area (Å²) in [6.07, 6.45) is 5.38. The Labute approximate surface area is 223 Å². The molecule has 0 aliphatic carbocycles. The van der Waals surface area contributed by atoms with Crippen molar-refractivity contribution in [2.24, 2.45) is 7.05 Å². The molecule has 4 aromatic heterocycles. The quantitative estimate of drug-likeness (QED) is 0.285. The summed E-state index contributed by atoms with van der Waals surface area (Å²) in [5.74, 6) is 0.501. The molecule has 0 bridgehead atoms. The molecule has 2 aromatic carbocycles. The second-order valence-electron chi connectivity index (χ2n) is 9.30. The highest BCUT2D eigenvalue weighted by atomic mass is 35.5. The van der Waals surface area contributed by atoms with Crippen LogP contribution in [0.1, 0.15) is 24.2 Å². The molecule has 0 unspecified atom stereocenters. The predicted molar refractivity (Wildman–Crippen MR) is 151 cm³/mol. The van der Waals surface area contributed by atoms with Crippen molar-refractivity contribution in [1.29, 1.82) is 0 Å². The highest BCUT2D eigenvalue weighted by Gasteiger charge is 2.20. The van der Waals surface area contributed by atoms with Gasteiger partial charge >= 0.3 is 0 Å². The second-order valence-corrected chi connectivity index (χ2v) is 9.64. The molecule has 188 valence electrons. The summed E-state index contributed by atoms with van der Waals surface area (Å²) >= 11 is 6.23. The van der Waals surface area contributed by atoms with E-state index in [2.05, 4.69) is 31.4 Å². The van der Waals surface area contributed by atoms with Crippen molar-refractivity contribution in [3.05, 3.63) is 106 Å². The average molecular weight is 522 g/mol. The zero-order valence-corrected chi connectivity index (χ0v) is 21.8. The molecule has 0 spiro atoms. The number of rotatable bonds is 5. The molecule has 6 aromatic rings. The minimum absolute atomic E-state index is 0.111. The van der Waals surface area contributed by atoms with E-state index in [1.54, 1.807) is 27.7 Å². The van der Waals surface area contributed by atoms with Crippen LogP contribution in [0.5, 0.6) is 0 Å². The molecular formula is C29H24ClN7O. The third-order valence-electron chi connectivity index (χ3n) is 6.58. The lowest BCUT2D eigenvalue weighted by molar-refractivity contribution is 0.768. The van der Waals surface area contributed by atoms with E-state index in [0.717, 1.165) is 33.5 Å². The van der Waals surface area contributed by atoms with Crippen LogP contribution in [0.2, 0.25) is 5.28 Å². The number of fused-ring (bicyclic) bond motifs is 2. The Morgan fingerprint density at radius 2 is 1.87 bits per heavy atom. The van der Waals surface area contributed by atoms with Crippen LogP contribution in [-0.2, 0) is 7.05 Å². The maximum Gasteiger partial charge on any atom is 0.263 e. The van der Waals surface area contributed by atoms with Gasteiger partial charge in [-0.2, -0.15) is 10.1 Å². The maximum absolute atomic E-state index is 14.3. The average Bonchev–Trinajstić information content (AvgIpc) is 3.34. The molecule has 4 heterocycles. The molecule has 0 aliphatic rings. The molecule has 38 heavy (non-hydrogen) atoms. The van der Waals surface area contributed by atoms with Crippen molar-refractivity contribution < 1.29 is 0 Å². The fraction of sp³-hybridized carbons (Fsp3) is 0.138. The van der Waals surface area contributed by atoms with Gasteiger partial charge in [-0.15, -0.1) is 0 Å². The standard InChI is InChI=1S/C29H24ClN7O/c1-17-7-4-9-21(13-17)37-24(18(2)33-27-26-23(11-6-12-31-26)34-29(30)35-27)14-19-8-5-10-22(25(19)28(37)38)20-15-32-36(3)16-20/h4-16,18H,1-3H3,(H,33,34,35)/t18-/m0/s1. The van der Waals surface area contributed by atoms with Crippen LogP contribution in [-0.4, -0.2) is 29.3 Å². The van der Waals surface area contributed by atoms with E-state index < -0.39 is 0 Å². The van der Waals surface area contributed by atoms with Crippen molar-refractivity contribution in [1.82, 2.24) is 29.3 Å². The topological polar surface area (TPSA) is 90.5 Å². The number of halogens is 1. The largest absolute Gasteiger partial charge is 0.360 e. The SMILES string of the molecule is Cc1cccc(-n2c([C@H](C)Nc3nc(Cl)nc4cccnc34)cc3cccc(-c4cnn(C)c4)c3c2=O)c1. The molecule has 0 fully saturated rings. The number of hydrogen-bond acceptors (Lipinski definition) is 6. The summed E-state index contributed by atoms with van der Waals surface area (Å²) in [6.45, 7) is 4.00. The molecule has 1 N–H and O–H groups in total. The van der Waals surface area contributed by atoms with Gasteiger partial charge in [-0.05, 0) is 72.3 Å². The number of anilines is 1. The minimum Gasteiger partial charge on any atom is -0.360 e. The molecule has 8 nitrogen and oxygen atoms in total. The zero-order chi connectivity index (χ0) is 26.4. The zero-order valence-electron chi connectivity index (χ0n) is 21.1. The Morgan fingerprint density at radius 3 is 2.66 bits per heavy atom. The highest BCUT2D eigenvalue weighted by Crippen LogP contribution is 2.31. The lowest BCUT2D eigenvalue weighted by Crippen LogP contribution is -2.26. The molecular weight excluding hydrogens is 498 g/mol. The van der Waals surface area contributed by atoms with Gasteiger partial charge in [0.15, 0.2) is 5.82 Å². The van der Waals surface area contributed by atoms with Crippen LogP contribution in [0.15, 0.2) is 84.0 Å². The smallest absolute Gasteiger partial charge is 0.263 e. The molecule has 9 heteroatoms. The van der Waals surface area contributed by atoms with Crippen molar-refractivity contribution >= 4 is 39.2 Å². The highest BCUT2D eigenvalue weighted by molar-refractivity contribution is 6.28. The number of pyridine rings is 2. The predicted octanol–water partition coefficient (Wildman–Crippen LogP) is 5.86. The van der Waals surface area contributed by atoms with Crippen LogP contribution in [0.3, 0.4) is 0 Å². The summed E-state index contributed by atoms with van der Waals surface area (Å²) in [5, 5.41) is 9.35. The lowest BCUT2D eigenvalue weighted by atomic mass is 9.99. The number of aryl methyl sites for hydroxylation is 2. The third kappa shape index (κ3) is 4.18. The van der Waals surface area contributed by atoms with Crippen molar-refractivity contribution in [3.8, 4) is 16.8 Å². The van der Waals surface area contributed by atoms with Gasteiger partial charge in [0.25, 0.3) is 5.56 Å². The number of nitrogens with one attached hydrogen (secondary N) is 1. The Morgan fingerprint density at radius 1 is 1.03 bits per heavy atom. The number of hydrogen-bond donors (Lipinski definition) is 1. The monoisotopic (exact) mass is 521 g/mol. The van der Waals surface area contributed by atoms with Gasteiger partial charge in [-0.3, -0.25) is 19.0 Å². The van der Waals surface area contributed by atoms with Crippen LogP contribution in [0.25, 0.3) is 38.6 Å². The van der Waals surface area contributed by atoms with Gasteiger partial charge in [0.2, 0.25) is 5.28 Å². The Balaban J connectivity index is 1.58. The molecule has 6 rings (SSSR count). The Kier molecular flexibility index (Phi) is 5.88. The van der Waals surface area contributed by atoms with E-state index in [1.807, 2.05) is 75.6 Å². The van der Waals surface area contributed by atoms with E-state index in [1.165, 1.54) is 0 Å². The fourth-order valence-electron chi connectivity index (χ4n) is 4.85. The van der Waals surface area contributed by atoms with Crippen LogP contribution in [0, 0.1) is 6.92 Å². The number of benzene rings is 2. The van der Waals surface area contributed by atoms with E-state index in [9.17, 15) is 4.79 Å². The van der Waals surface area contributed by atoms with Crippen LogP contribution >= 0.6 is 11.6 Å². The first-order valence-electron chi connectivity index (χ1n) is 12.2. The molecule has 0 aliphatic heterocycles. The third-order valence-corrected chi connectivity index (χ3v) is 6.74. The number of aromatic nitrogens is 6. The fourth-order valence-corrected chi connectivity index (χ4v) is 5.03. The minimum atomic E-state index is -0.328. The molecule has 0 amide bonds. The summed E-state index contributed by atoms with van der Waals surface area (Å²) in [7, 11) is 1.86. The molecule has 0 saturated heterocycles. The number of nitrogens with zero attached hydrogens (tertiary/aromatic N) is 6. The van der Waals surface area contributed by atoms with Gasteiger partial charge in [0.1, 0.15) is 5.52 Å². The van der Waals surface area contributed by atoms with Gasteiger partial charge in [-0.25, -0.2) is 4.98 Å².